The van der Waals surface area contributed by atoms with Crippen molar-refractivity contribution in [1.29, 1.82) is 0 Å². The minimum atomic E-state index is -0.713. The third-order valence-electron chi connectivity index (χ3n) is 4.75. The van der Waals surface area contributed by atoms with Gasteiger partial charge in [0, 0.05) is 29.4 Å². The van der Waals surface area contributed by atoms with Crippen molar-refractivity contribution >= 4 is 35.3 Å². The highest BCUT2D eigenvalue weighted by Gasteiger charge is 2.24. The summed E-state index contributed by atoms with van der Waals surface area (Å²) in [7, 11) is 0. The summed E-state index contributed by atoms with van der Waals surface area (Å²) in [6, 6.07) is 13.7. The van der Waals surface area contributed by atoms with Gasteiger partial charge in [0.15, 0.2) is 0 Å². The number of hydrogen-bond donors (Lipinski definition) is 2. The molecule has 0 aromatic heterocycles. The van der Waals surface area contributed by atoms with Crippen molar-refractivity contribution in [2.24, 2.45) is 11.0 Å². The van der Waals surface area contributed by atoms with E-state index >= 15 is 0 Å². The van der Waals surface area contributed by atoms with Gasteiger partial charge in [-0.15, -0.1) is 0 Å². The van der Waals surface area contributed by atoms with Gasteiger partial charge < -0.3 is 10.2 Å². The fourth-order valence-corrected chi connectivity index (χ4v) is 3.09. The highest BCUT2D eigenvalue weighted by Crippen LogP contribution is 2.14. The van der Waals surface area contributed by atoms with Crippen LogP contribution in [0, 0.1) is 5.92 Å². The van der Waals surface area contributed by atoms with Crippen molar-refractivity contribution in [3.8, 4) is 0 Å². The first-order chi connectivity index (χ1) is 14.3. The Morgan fingerprint density at radius 1 is 1.03 bits per heavy atom. The maximum Gasteiger partial charge on any atom is 0.262 e. The number of carbonyl (C=O) groups excluding carboxylic acids is 2. The number of nitrogens with one attached hydrogen (secondary N) is 2. The smallest absolute Gasteiger partial charge is 0.262 e. The number of rotatable bonds is 9. The van der Waals surface area contributed by atoms with Crippen LogP contribution in [0.3, 0.4) is 0 Å². The van der Waals surface area contributed by atoms with Crippen LogP contribution in [0.5, 0.6) is 0 Å². The summed E-state index contributed by atoms with van der Waals surface area (Å²) in [5.41, 5.74) is 4.98. The second-order valence-corrected chi connectivity index (χ2v) is 7.64. The van der Waals surface area contributed by atoms with Crippen LogP contribution in [-0.4, -0.2) is 37.2 Å². The van der Waals surface area contributed by atoms with Crippen LogP contribution in [-0.2, 0) is 4.79 Å². The molecule has 2 rings (SSSR count). The largest absolute Gasteiger partial charge is 0.372 e. The molecule has 0 bridgehead atoms. The Bertz CT molecular complexity index is 860. The molecule has 7 heteroatoms. The maximum absolute atomic E-state index is 12.5. The second-order valence-electron chi connectivity index (χ2n) is 7.20. The van der Waals surface area contributed by atoms with Crippen LogP contribution in [0.1, 0.15) is 43.6 Å². The summed E-state index contributed by atoms with van der Waals surface area (Å²) in [6.45, 7) is 9.84. The lowest BCUT2D eigenvalue weighted by molar-refractivity contribution is -0.123. The molecule has 2 aromatic carbocycles. The monoisotopic (exact) mass is 428 g/mol. The highest BCUT2D eigenvalue weighted by molar-refractivity contribution is 6.30. The van der Waals surface area contributed by atoms with Crippen LogP contribution < -0.4 is 15.6 Å². The fourth-order valence-electron chi connectivity index (χ4n) is 2.96. The van der Waals surface area contributed by atoms with Crippen LogP contribution in [0.25, 0.3) is 0 Å². The molecule has 2 aromatic rings. The molecule has 2 amide bonds. The number of carbonyl (C=O) groups is 2. The lowest BCUT2D eigenvalue weighted by Gasteiger charge is -2.21. The first-order valence-corrected chi connectivity index (χ1v) is 10.5. The second kappa shape index (κ2) is 11.4. The predicted molar refractivity (Wildman–Crippen MR) is 123 cm³/mol. The molecule has 0 saturated carbocycles. The average molecular weight is 429 g/mol. The van der Waals surface area contributed by atoms with Gasteiger partial charge in [0.1, 0.15) is 6.04 Å². The standard InChI is InChI=1S/C23H29ClN4O2/c1-5-28(6-2)20-13-7-17(8-14-20)15-25-27-23(30)21(16(3)4)26-22(29)18-9-11-19(24)12-10-18/h7-16,21H,5-6H2,1-4H3,(H,26,29)(H,27,30)/b25-15-. The first kappa shape index (κ1) is 23.4. The molecule has 0 fully saturated rings. The van der Waals surface area contributed by atoms with Crippen molar-refractivity contribution in [2.45, 2.75) is 33.7 Å². The van der Waals surface area contributed by atoms with Crippen LogP contribution in [0.4, 0.5) is 5.69 Å². The van der Waals surface area contributed by atoms with Gasteiger partial charge >= 0.3 is 0 Å². The zero-order valence-corrected chi connectivity index (χ0v) is 18.6. The summed E-state index contributed by atoms with van der Waals surface area (Å²) in [6.07, 6.45) is 1.59. The lowest BCUT2D eigenvalue weighted by atomic mass is 10.0. The van der Waals surface area contributed by atoms with E-state index in [-0.39, 0.29) is 17.7 Å². The van der Waals surface area contributed by atoms with Gasteiger partial charge in [0.25, 0.3) is 11.8 Å². The zero-order valence-electron chi connectivity index (χ0n) is 17.9. The quantitative estimate of drug-likeness (QED) is 0.466. The molecule has 30 heavy (non-hydrogen) atoms. The molecule has 0 saturated heterocycles. The van der Waals surface area contributed by atoms with Gasteiger partial charge in [0.05, 0.1) is 6.21 Å². The minimum Gasteiger partial charge on any atom is -0.372 e. The van der Waals surface area contributed by atoms with Gasteiger partial charge in [-0.3, -0.25) is 9.59 Å². The molecule has 1 unspecified atom stereocenters. The van der Waals surface area contributed by atoms with E-state index in [1.807, 2.05) is 38.1 Å². The third-order valence-corrected chi connectivity index (χ3v) is 5.00. The van der Waals surface area contributed by atoms with Gasteiger partial charge in [-0.05, 0) is 61.7 Å². The van der Waals surface area contributed by atoms with Crippen molar-refractivity contribution in [2.75, 3.05) is 18.0 Å². The van der Waals surface area contributed by atoms with Crippen LogP contribution in [0.15, 0.2) is 53.6 Å². The molecule has 0 spiro atoms. The number of nitrogens with zero attached hydrogens (tertiary/aromatic N) is 2. The molecule has 0 heterocycles. The van der Waals surface area contributed by atoms with Gasteiger partial charge in [0.2, 0.25) is 0 Å². The van der Waals surface area contributed by atoms with Crippen molar-refractivity contribution in [3.63, 3.8) is 0 Å². The Hall–Kier alpha value is -2.86. The normalized spacial score (nSPS) is 12.1. The zero-order chi connectivity index (χ0) is 22.1. The van der Waals surface area contributed by atoms with Crippen molar-refractivity contribution < 1.29 is 9.59 Å². The molecule has 2 N–H and O–H groups in total. The fraction of sp³-hybridized carbons (Fsp3) is 0.348. The van der Waals surface area contributed by atoms with E-state index < -0.39 is 6.04 Å². The molecule has 160 valence electrons. The van der Waals surface area contributed by atoms with E-state index in [9.17, 15) is 9.59 Å². The molecular formula is C23H29ClN4O2. The summed E-state index contributed by atoms with van der Waals surface area (Å²) in [5.74, 6) is -0.815. The SMILES string of the molecule is CCN(CC)c1ccc(/C=N\NC(=O)C(NC(=O)c2ccc(Cl)cc2)C(C)C)cc1. The Morgan fingerprint density at radius 2 is 1.63 bits per heavy atom. The number of halogens is 1. The van der Waals surface area contributed by atoms with E-state index in [1.165, 1.54) is 0 Å². The molecule has 0 aliphatic rings. The molecule has 0 aliphatic carbocycles. The Balaban J connectivity index is 1.97. The molecule has 1 atom stereocenters. The summed E-state index contributed by atoms with van der Waals surface area (Å²) in [5, 5.41) is 7.35. The average Bonchev–Trinajstić information content (AvgIpc) is 2.74. The van der Waals surface area contributed by atoms with E-state index in [4.69, 9.17) is 11.6 Å². The Labute approximate surface area is 183 Å². The molecule has 6 nitrogen and oxygen atoms in total. The van der Waals surface area contributed by atoms with E-state index in [0.29, 0.717) is 10.6 Å². The van der Waals surface area contributed by atoms with Crippen molar-refractivity contribution in [1.82, 2.24) is 10.7 Å². The predicted octanol–water partition coefficient (Wildman–Crippen LogP) is 4.09. The maximum atomic E-state index is 12.5. The topological polar surface area (TPSA) is 73.8 Å². The Morgan fingerprint density at radius 3 is 2.17 bits per heavy atom. The summed E-state index contributed by atoms with van der Waals surface area (Å²) >= 11 is 5.86. The van der Waals surface area contributed by atoms with Crippen LogP contribution in [0.2, 0.25) is 5.02 Å². The highest BCUT2D eigenvalue weighted by atomic mass is 35.5. The summed E-state index contributed by atoms with van der Waals surface area (Å²) in [4.78, 5) is 27.2. The molecule has 0 aliphatic heterocycles. The van der Waals surface area contributed by atoms with E-state index in [1.54, 1.807) is 30.5 Å². The lowest BCUT2D eigenvalue weighted by Crippen LogP contribution is -2.48. The van der Waals surface area contributed by atoms with Crippen molar-refractivity contribution in [3.05, 3.63) is 64.7 Å². The number of amides is 2. The number of hydrogen-bond acceptors (Lipinski definition) is 4. The third kappa shape index (κ3) is 6.59. The van der Waals surface area contributed by atoms with E-state index in [2.05, 4.69) is 34.6 Å². The number of anilines is 1. The van der Waals surface area contributed by atoms with Gasteiger partial charge in [-0.2, -0.15) is 5.10 Å². The molecule has 0 radical (unpaired) electrons. The van der Waals surface area contributed by atoms with Gasteiger partial charge in [-0.25, -0.2) is 5.43 Å². The van der Waals surface area contributed by atoms with Gasteiger partial charge in [-0.1, -0.05) is 37.6 Å². The Kier molecular flexibility index (Phi) is 8.87. The first-order valence-electron chi connectivity index (χ1n) is 10.1. The van der Waals surface area contributed by atoms with E-state index in [0.717, 1.165) is 24.3 Å². The summed E-state index contributed by atoms with van der Waals surface area (Å²) < 4.78 is 0. The van der Waals surface area contributed by atoms with Crippen LogP contribution >= 0.6 is 11.6 Å². The number of hydrazone groups is 1. The minimum absolute atomic E-state index is 0.107. The molecular weight excluding hydrogens is 400 g/mol. The number of benzene rings is 2.